The van der Waals surface area contributed by atoms with Gasteiger partial charge in [0.2, 0.25) is 0 Å². The van der Waals surface area contributed by atoms with Crippen LogP contribution in [0.5, 0.6) is 5.75 Å². The van der Waals surface area contributed by atoms with E-state index in [1.165, 1.54) is 17.7 Å². The number of aryl methyl sites for hydroxylation is 1. The van der Waals surface area contributed by atoms with E-state index < -0.39 is 17.3 Å². The zero-order valence-electron chi connectivity index (χ0n) is 19.3. The molecule has 1 atom stereocenters. The van der Waals surface area contributed by atoms with Crippen molar-refractivity contribution in [3.63, 3.8) is 0 Å². The van der Waals surface area contributed by atoms with Crippen molar-refractivity contribution < 1.29 is 23.0 Å². The molecule has 0 bridgehead atoms. The van der Waals surface area contributed by atoms with Crippen LogP contribution in [0, 0.1) is 18.8 Å². The Labute approximate surface area is 194 Å². The quantitative estimate of drug-likeness (QED) is 0.557. The third-order valence-corrected chi connectivity index (χ3v) is 7.31. The van der Waals surface area contributed by atoms with Crippen LogP contribution in [0.25, 0.3) is 0 Å². The Morgan fingerprint density at radius 3 is 2.27 bits per heavy atom. The van der Waals surface area contributed by atoms with E-state index in [1.807, 2.05) is 0 Å². The number of nitrogens with zero attached hydrogens (tertiary/aromatic N) is 1. The van der Waals surface area contributed by atoms with Gasteiger partial charge in [-0.1, -0.05) is 29.8 Å². The molecular formula is C27H34F3NO2. The topological polar surface area (TPSA) is 32.7 Å². The number of ether oxygens (including phenoxy) is 1. The molecule has 1 heterocycles. The van der Waals surface area contributed by atoms with E-state index in [2.05, 4.69) is 36.1 Å². The van der Waals surface area contributed by atoms with Gasteiger partial charge in [-0.2, -0.15) is 13.2 Å². The first-order valence-electron chi connectivity index (χ1n) is 12.0. The fourth-order valence-corrected chi connectivity index (χ4v) is 5.26. The van der Waals surface area contributed by atoms with Gasteiger partial charge in [0.1, 0.15) is 5.75 Å². The van der Waals surface area contributed by atoms with Crippen LogP contribution >= 0.6 is 0 Å². The molecule has 180 valence electrons. The normalized spacial score (nSPS) is 26.8. The minimum absolute atomic E-state index is 0.383. The summed E-state index contributed by atoms with van der Waals surface area (Å²) < 4.78 is 44.0. The molecule has 2 aromatic carbocycles. The lowest BCUT2D eigenvalue weighted by molar-refractivity contribution is -0.137. The minimum atomic E-state index is -4.32. The number of aliphatic hydroxyl groups is 1. The molecule has 1 saturated heterocycles. The summed E-state index contributed by atoms with van der Waals surface area (Å²) in [5, 5.41) is 11.1. The highest BCUT2D eigenvalue weighted by molar-refractivity contribution is 5.29. The Bertz CT molecular complexity index is 887. The van der Waals surface area contributed by atoms with Gasteiger partial charge in [-0.05, 0) is 87.7 Å². The van der Waals surface area contributed by atoms with Gasteiger partial charge in [0.25, 0.3) is 0 Å². The largest absolute Gasteiger partial charge is 0.493 e. The van der Waals surface area contributed by atoms with Gasteiger partial charge in [0.15, 0.2) is 0 Å². The zero-order valence-corrected chi connectivity index (χ0v) is 19.3. The maximum Gasteiger partial charge on any atom is 0.416 e. The van der Waals surface area contributed by atoms with E-state index >= 15 is 0 Å². The summed E-state index contributed by atoms with van der Waals surface area (Å²) in [5.74, 6) is 1.46. The Hall–Kier alpha value is -2.05. The molecule has 1 aliphatic heterocycles. The van der Waals surface area contributed by atoms with Crippen molar-refractivity contribution in [2.75, 3.05) is 26.2 Å². The Balaban J connectivity index is 1.23. The third kappa shape index (κ3) is 6.30. The predicted octanol–water partition coefficient (Wildman–Crippen LogP) is 6.18. The van der Waals surface area contributed by atoms with E-state index in [4.69, 9.17) is 4.74 Å². The third-order valence-electron chi connectivity index (χ3n) is 7.31. The summed E-state index contributed by atoms with van der Waals surface area (Å²) in [6, 6.07) is 13.2. The van der Waals surface area contributed by atoms with Crippen LogP contribution in [0.3, 0.4) is 0 Å². The second-order valence-corrected chi connectivity index (χ2v) is 9.94. The summed E-state index contributed by atoms with van der Waals surface area (Å²) in [6.45, 7) is 5.67. The molecule has 0 aromatic heterocycles. The molecule has 0 spiro atoms. The molecule has 2 aliphatic rings. The maximum atomic E-state index is 12.7. The van der Waals surface area contributed by atoms with Crippen molar-refractivity contribution in [3.05, 3.63) is 65.2 Å². The van der Waals surface area contributed by atoms with Crippen LogP contribution in [-0.4, -0.2) is 36.2 Å². The van der Waals surface area contributed by atoms with Crippen molar-refractivity contribution >= 4 is 0 Å². The second kappa shape index (κ2) is 10.1. The second-order valence-electron chi connectivity index (χ2n) is 9.94. The van der Waals surface area contributed by atoms with Crippen molar-refractivity contribution in [2.45, 2.75) is 57.2 Å². The van der Waals surface area contributed by atoms with Gasteiger partial charge < -0.3 is 14.7 Å². The molecule has 0 amide bonds. The van der Waals surface area contributed by atoms with Gasteiger partial charge in [0.05, 0.1) is 17.8 Å². The SMILES string of the molecule is Cc1ccc(C2(O)CCC(CN3CCCC(COc4ccc(C(F)(F)F)cc4)C3)CC2)cc1. The lowest BCUT2D eigenvalue weighted by atomic mass is 9.75. The minimum Gasteiger partial charge on any atom is -0.493 e. The number of piperidine rings is 1. The summed E-state index contributed by atoms with van der Waals surface area (Å²) in [5.41, 5.74) is 0.882. The Morgan fingerprint density at radius 1 is 0.970 bits per heavy atom. The average molecular weight is 462 g/mol. The Kier molecular flexibility index (Phi) is 7.34. The molecule has 33 heavy (non-hydrogen) atoms. The summed E-state index contributed by atoms with van der Waals surface area (Å²) in [4.78, 5) is 2.51. The highest BCUT2D eigenvalue weighted by Crippen LogP contribution is 2.40. The Morgan fingerprint density at radius 2 is 1.64 bits per heavy atom. The van der Waals surface area contributed by atoms with E-state index in [1.54, 1.807) is 0 Å². The van der Waals surface area contributed by atoms with Crippen LogP contribution in [0.1, 0.15) is 55.2 Å². The van der Waals surface area contributed by atoms with Crippen molar-refractivity contribution in [2.24, 2.45) is 11.8 Å². The summed E-state index contributed by atoms with van der Waals surface area (Å²) in [7, 11) is 0. The molecule has 1 saturated carbocycles. The molecule has 4 rings (SSSR count). The van der Waals surface area contributed by atoms with E-state index in [9.17, 15) is 18.3 Å². The lowest BCUT2D eigenvalue weighted by Gasteiger charge is -2.40. The number of rotatable bonds is 6. The number of halogens is 3. The molecule has 1 N–H and O–H groups in total. The summed E-state index contributed by atoms with van der Waals surface area (Å²) >= 11 is 0. The molecule has 2 aromatic rings. The highest BCUT2D eigenvalue weighted by Gasteiger charge is 2.35. The molecule has 3 nitrogen and oxygen atoms in total. The van der Waals surface area contributed by atoms with Gasteiger partial charge in [-0.15, -0.1) is 0 Å². The lowest BCUT2D eigenvalue weighted by Crippen LogP contribution is -2.42. The first-order chi connectivity index (χ1) is 15.7. The van der Waals surface area contributed by atoms with E-state index in [-0.39, 0.29) is 0 Å². The number of hydrogen-bond acceptors (Lipinski definition) is 3. The predicted molar refractivity (Wildman–Crippen MR) is 123 cm³/mol. The van der Waals surface area contributed by atoms with E-state index in [0.717, 1.165) is 75.9 Å². The first kappa shape index (κ1) is 24.1. The maximum absolute atomic E-state index is 12.7. The smallest absolute Gasteiger partial charge is 0.416 e. The number of benzene rings is 2. The monoisotopic (exact) mass is 461 g/mol. The van der Waals surface area contributed by atoms with E-state index in [0.29, 0.717) is 24.2 Å². The highest BCUT2D eigenvalue weighted by atomic mass is 19.4. The van der Waals surface area contributed by atoms with Crippen LogP contribution in [-0.2, 0) is 11.8 Å². The van der Waals surface area contributed by atoms with Gasteiger partial charge in [-0.25, -0.2) is 0 Å². The fraction of sp³-hybridized carbons (Fsp3) is 0.556. The molecule has 1 unspecified atom stereocenters. The van der Waals surface area contributed by atoms with Crippen LogP contribution in [0.4, 0.5) is 13.2 Å². The van der Waals surface area contributed by atoms with Gasteiger partial charge in [-0.3, -0.25) is 0 Å². The fourth-order valence-electron chi connectivity index (χ4n) is 5.26. The molecular weight excluding hydrogens is 427 g/mol. The van der Waals surface area contributed by atoms with Crippen molar-refractivity contribution in [3.8, 4) is 5.75 Å². The summed E-state index contributed by atoms with van der Waals surface area (Å²) in [6.07, 6.45) is 1.51. The van der Waals surface area contributed by atoms with Crippen LogP contribution < -0.4 is 4.74 Å². The van der Waals surface area contributed by atoms with Crippen LogP contribution in [0.15, 0.2) is 48.5 Å². The molecule has 1 aliphatic carbocycles. The molecule has 6 heteroatoms. The standard InChI is InChI=1S/C27H34F3NO2/c1-20-4-6-23(7-5-20)26(32)14-12-21(13-15-26)17-31-16-2-3-22(18-31)19-33-25-10-8-24(9-11-25)27(28,29)30/h4-11,21-22,32H,2-3,12-19H2,1H3. The van der Waals surface area contributed by atoms with Crippen LogP contribution in [0.2, 0.25) is 0 Å². The molecule has 0 radical (unpaired) electrons. The molecule has 2 fully saturated rings. The van der Waals surface area contributed by atoms with Crippen molar-refractivity contribution in [1.82, 2.24) is 4.90 Å². The van der Waals surface area contributed by atoms with Crippen molar-refractivity contribution in [1.29, 1.82) is 0 Å². The zero-order chi connectivity index (χ0) is 23.5. The average Bonchev–Trinajstić information content (AvgIpc) is 2.80. The number of likely N-dealkylation sites (tertiary alicyclic amines) is 1. The van der Waals surface area contributed by atoms with Gasteiger partial charge in [0, 0.05) is 19.0 Å². The number of hydrogen-bond donors (Lipinski definition) is 1. The van der Waals surface area contributed by atoms with Gasteiger partial charge >= 0.3 is 6.18 Å². The number of alkyl halides is 3. The first-order valence-corrected chi connectivity index (χ1v) is 12.0.